The summed E-state index contributed by atoms with van der Waals surface area (Å²) >= 11 is 0. The summed E-state index contributed by atoms with van der Waals surface area (Å²) in [4.78, 5) is 2.27. The molecule has 18 heavy (non-hydrogen) atoms. The minimum Gasteiger partial charge on any atom is -0.492 e. The zero-order valence-electron chi connectivity index (χ0n) is 10.4. The fourth-order valence-corrected chi connectivity index (χ4v) is 1.98. The normalized spacial score (nSPS) is 16.8. The van der Waals surface area contributed by atoms with E-state index in [0.29, 0.717) is 17.9 Å². The molecule has 1 heterocycles. The molecular weight excluding hydrogens is 235 g/mol. The van der Waals surface area contributed by atoms with E-state index >= 15 is 0 Å². The van der Waals surface area contributed by atoms with Gasteiger partial charge in [-0.3, -0.25) is 4.90 Å². The van der Waals surface area contributed by atoms with Crippen LogP contribution in [0.3, 0.4) is 0 Å². The first kappa shape index (κ1) is 13.3. The van der Waals surface area contributed by atoms with E-state index in [9.17, 15) is 4.39 Å². The highest BCUT2D eigenvalue weighted by molar-refractivity contribution is 5.34. The van der Waals surface area contributed by atoms with Crippen LogP contribution in [0.1, 0.15) is 5.56 Å². The van der Waals surface area contributed by atoms with Crippen LogP contribution >= 0.6 is 0 Å². The van der Waals surface area contributed by atoms with Gasteiger partial charge in [0.1, 0.15) is 18.2 Å². The van der Waals surface area contributed by atoms with Gasteiger partial charge in [0.25, 0.3) is 0 Å². The Labute approximate surface area is 106 Å². The Balaban J connectivity index is 1.84. The van der Waals surface area contributed by atoms with Crippen LogP contribution in [-0.2, 0) is 11.3 Å². The SMILES string of the molecule is NCc1c(F)cccc1OCCN1CCOCC1. The highest BCUT2D eigenvalue weighted by Gasteiger charge is 2.11. The van der Waals surface area contributed by atoms with Gasteiger partial charge in [-0.15, -0.1) is 0 Å². The highest BCUT2D eigenvalue weighted by atomic mass is 19.1. The van der Waals surface area contributed by atoms with Gasteiger partial charge >= 0.3 is 0 Å². The van der Waals surface area contributed by atoms with Crippen LogP contribution in [0, 0.1) is 5.82 Å². The highest BCUT2D eigenvalue weighted by Crippen LogP contribution is 2.20. The number of nitrogens with zero attached hydrogens (tertiary/aromatic N) is 1. The molecule has 1 aromatic carbocycles. The van der Waals surface area contributed by atoms with Crippen molar-refractivity contribution >= 4 is 0 Å². The van der Waals surface area contributed by atoms with Gasteiger partial charge in [-0.2, -0.15) is 0 Å². The van der Waals surface area contributed by atoms with Crippen LogP contribution < -0.4 is 10.5 Å². The maximum atomic E-state index is 13.4. The Morgan fingerprint density at radius 3 is 2.83 bits per heavy atom. The summed E-state index contributed by atoms with van der Waals surface area (Å²) in [7, 11) is 0. The average molecular weight is 254 g/mol. The fraction of sp³-hybridized carbons (Fsp3) is 0.538. The van der Waals surface area contributed by atoms with Crippen LogP contribution in [0.5, 0.6) is 5.75 Å². The number of morpholine rings is 1. The smallest absolute Gasteiger partial charge is 0.131 e. The van der Waals surface area contributed by atoms with E-state index in [2.05, 4.69) is 4.90 Å². The Hall–Kier alpha value is -1.17. The average Bonchev–Trinajstić information content (AvgIpc) is 2.40. The number of ether oxygens (including phenoxy) is 2. The van der Waals surface area contributed by atoms with Crippen LogP contribution in [0.15, 0.2) is 18.2 Å². The molecule has 0 unspecified atom stereocenters. The van der Waals surface area contributed by atoms with E-state index in [1.807, 2.05) is 0 Å². The molecule has 1 saturated heterocycles. The Kier molecular flexibility index (Phi) is 4.92. The second-order valence-electron chi connectivity index (χ2n) is 4.22. The van der Waals surface area contributed by atoms with E-state index < -0.39 is 0 Å². The molecule has 5 heteroatoms. The van der Waals surface area contributed by atoms with Gasteiger partial charge < -0.3 is 15.2 Å². The summed E-state index contributed by atoms with van der Waals surface area (Å²) in [5, 5.41) is 0. The number of hydrogen-bond acceptors (Lipinski definition) is 4. The van der Waals surface area contributed by atoms with Crippen LogP contribution in [0.4, 0.5) is 4.39 Å². The summed E-state index contributed by atoms with van der Waals surface area (Å²) in [5.41, 5.74) is 5.96. The molecule has 100 valence electrons. The van der Waals surface area contributed by atoms with Crippen molar-refractivity contribution in [3.05, 3.63) is 29.6 Å². The van der Waals surface area contributed by atoms with Crippen molar-refractivity contribution in [3.8, 4) is 5.75 Å². The predicted octanol–water partition coefficient (Wildman–Crippen LogP) is 0.995. The van der Waals surface area contributed by atoms with Crippen LogP contribution in [-0.4, -0.2) is 44.4 Å². The molecule has 0 saturated carbocycles. The minimum absolute atomic E-state index is 0.152. The van der Waals surface area contributed by atoms with Crippen molar-refractivity contribution in [1.82, 2.24) is 4.90 Å². The van der Waals surface area contributed by atoms with Gasteiger partial charge in [0.15, 0.2) is 0 Å². The molecule has 1 aliphatic heterocycles. The van der Waals surface area contributed by atoms with E-state index in [-0.39, 0.29) is 12.4 Å². The lowest BCUT2D eigenvalue weighted by molar-refractivity contribution is 0.0322. The molecule has 4 nitrogen and oxygen atoms in total. The number of halogens is 1. The van der Waals surface area contributed by atoms with E-state index in [1.54, 1.807) is 12.1 Å². The van der Waals surface area contributed by atoms with Gasteiger partial charge in [-0.1, -0.05) is 6.07 Å². The maximum Gasteiger partial charge on any atom is 0.131 e. The second-order valence-corrected chi connectivity index (χ2v) is 4.22. The Morgan fingerprint density at radius 2 is 2.11 bits per heavy atom. The third-order valence-corrected chi connectivity index (χ3v) is 3.05. The summed E-state index contributed by atoms with van der Waals surface area (Å²) in [5.74, 6) is 0.243. The fourth-order valence-electron chi connectivity index (χ4n) is 1.98. The molecule has 2 N–H and O–H groups in total. The van der Waals surface area contributed by atoms with Crippen LogP contribution in [0.25, 0.3) is 0 Å². The van der Waals surface area contributed by atoms with Crippen molar-refractivity contribution in [2.24, 2.45) is 5.73 Å². The monoisotopic (exact) mass is 254 g/mol. The summed E-state index contributed by atoms with van der Waals surface area (Å²) in [6, 6.07) is 4.79. The molecule has 0 bridgehead atoms. The lowest BCUT2D eigenvalue weighted by Crippen LogP contribution is -2.38. The predicted molar refractivity (Wildman–Crippen MR) is 67.0 cm³/mol. The van der Waals surface area contributed by atoms with Crippen molar-refractivity contribution < 1.29 is 13.9 Å². The first-order valence-corrected chi connectivity index (χ1v) is 6.21. The topological polar surface area (TPSA) is 47.7 Å². The first-order valence-electron chi connectivity index (χ1n) is 6.21. The summed E-state index contributed by atoms with van der Waals surface area (Å²) in [6.45, 7) is 4.91. The molecule has 1 aliphatic rings. The van der Waals surface area contributed by atoms with E-state index in [0.717, 1.165) is 32.8 Å². The molecule has 0 aromatic heterocycles. The lowest BCUT2D eigenvalue weighted by Gasteiger charge is -2.26. The third-order valence-electron chi connectivity index (χ3n) is 3.05. The second kappa shape index (κ2) is 6.68. The largest absolute Gasteiger partial charge is 0.492 e. The lowest BCUT2D eigenvalue weighted by atomic mass is 10.2. The first-order chi connectivity index (χ1) is 8.81. The molecule has 0 spiro atoms. The molecule has 2 rings (SSSR count). The molecule has 0 amide bonds. The van der Waals surface area contributed by atoms with Crippen molar-refractivity contribution in [2.75, 3.05) is 39.5 Å². The number of hydrogen-bond donors (Lipinski definition) is 1. The van der Waals surface area contributed by atoms with Gasteiger partial charge in [0.05, 0.1) is 13.2 Å². The zero-order chi connectivity index (χ0) is 12.8. The maximum absolute atomic E-state index is 13.4. The van der Waals surface area contributed by atoms with E-state index in [1.165, 1.54) is 6.07 Å². The van der Waals surface area contributed by atoms with Crippen molar-refractivity contribution in [3.63, 3.8) is 0 Å². The molecule has 0 aliphatic carbocycles. The Bertz CT molecular complexity index is 381. The molecule has 1 aromatic rings. The number of rotatable bonds is 5. The quantitative estimate of drug-likeness (QED) is 0.851. The molecule has 0 radical (unpaired) electrons. The van der Waals surface area contributed by atoms with Crippen molar-refractivity contribution in [1.29, 1.82) is 0 Å². The Morgan fingerprint density at radius 1 is 1.33 bits per heavy atom. The third kappa shape index (κ3) is 3.41. The summed E-state index contributed by atoms with van der Waals surface area (Å²) < 4.78 is 24.3. The van der Waals surface area contributed by atoms with Gasteiger partial charge in [0, 0.05) is 31.7 Å². The molecule has 0 atom stereocenters. The van der Waals surface area contributed by atoms with Gasteiger partial charge in [-0.05, 0) is 12.1 Å². The molecular formula is C13H19FN2O2. The minimum atomic E-state index is -0.304. The van der Waals surface area contributed by atoms with Gasteiger partial charge in [0.2, 0.25) is 0 Å². The van der Waals surface area contributed by atoms with Crippen LogP contribution in [0.2, 0.25) is 0 Å². The van der Waals surface area contributed by atoms with E-state index in [4.69, 9.17) is 15.2 Å². The standard InChI is InChI=1S/C13H19FN2O2/c14-12-2-1-3-13(11(12)10-15)18-9-6-16-4-7-17-8-5-16/h1-3H,4-10,15H2. The number of nitrogens with two attached hydrogens (primary N) is 1. The number of benzene rings is 1. The van der Waals surface area contributed by atoms with Gasteiger partial charge in [-0.25, -0.2) is 4.39 Å². The summed E-state index contributed by atoms with van der Waals surface area (Å²) in [6.07, 6.45) is 0. The zero-order valence-corrected chi connectivity index (χ0v) is 10.4. The van der Waals surface area contributed by atoms with Crippen molar-refractivity contribution in [2.45, 2.75) is 6.54 Å². The molecule has 1 fully saturated rings.